The van der Waals surface area contributed by atoms with Crippen molar-refractivity contribution in [2.75, 3.05) is 13.1 Å². The topological polar surface area (TPSA) is 69.7 Å². The van der Waals surface area contributed by atoms with E-state index in [4.69, 9.17) is 0 Å². The summed E-state index contributed by atoms with van der Waals surface area (Å²) in [5.41, 5.74) is 1.63. The molecule has 6 rings (SSSR count). The summed E-state index contributed by atoms with van der Waals surface area (Å²) in [6.07, 6.45) is 0.660. The van der Waals surface area contributed by atoms with Crippen LogP contribution in [0.2, 0.25) is 0 Å². The lowest BCUT2D eigenvalue weighted by Gasteiger charge is -2.43. The molecule has 0 radical (unpaired) electrons. The summed E-state index contributed by atoms with van der Waals surface area (Å²) < 4.78 is 0. The third kappa shape index (κ3) is 4.00. The maximum Gasteiger partial charge on any atom is 0.255 e. The minimum absolute atomic E-state index is 0.120. The average Bonchev–Trinajstić information content (AvgIpc) is 3.55. The maximum atomic E-state index is 12.9. The van der Waals surface area contributed by atoms with Gasteiger partial charge in [-0.05, 0) is 53.1 Å². The third-order valence-electron chi connectivity index (χ3n) is 6.66. The molecule has 3 aromatic rings. The molecular weight excluding hydrogens is 486 g/mol. The molecule has 1 atom stereocenters. The average molecular weight is 510 g/mol. The van der Waals surface area contributed by atoms with Gasteiger partial charge in [0.2, 0.25) is 11.8 Å². The molecule has 174 valence electrons. The van der Waals surface area contributed by atoms with Crippen LogP contribution in [0.15, 0.2) is 58.1 Å². The van der Waals surface area contributed by atoms with Gasteiger partial charge in [0.1, 0.15) is 6.04 Å². The number of thioether (sulfide) groups is 1. The number of carbonyl (C=O) groups excluding carboxylic acids is 3. The summed E-state index contributed by atoms with van der Waals surface area (Å²) in [5.74, 6) is -0.753. The van der Waals surface area contributed by atoms with Crippen molar-refractivity contribution in [1.29, 1.82) is 0 Å². The molecular formula is C25H23N3O3S3. The van der Waals surface area contributed by atoms with E-state index in [-0.39, 0.29) is 24.1 Å². The number of fused-ring (bicyclic) bond motifs is 1. The molecule has 1 N–H and O–H groups in total. The Balaban J connectivity index is 1.11. The first-order valence-corrected chi connectivity index (χ1v) is 14.0. The molecule has 3 aliphatic heterocycles. The predicted molar refractivity (Wildman–Crippen MR) is 134 cm³/mol. The Morgan fingerprint density at radius 1 is 1.00 bits per heavy atom. The van der Waals surface area contributed by atoms with Crippen LogP contribution >= 0.6 is 34.4 Å². The standard InChI is InChI=1S/C25H23N3O3S3/c29-22-8-7-19(24(30)26-22)28-12-15-11-16(5-6-18(15)25(28)31)34-17-13-27(14-17)23(20-3-1-9-32-20)21-4-2-10-33-21/h1-6,9-11,17,19,23H,7-8,12-14H2,(H,26,29,30). The first-order valence-electron chi connectivity index (χ1n) is 11.3. The molecule has 0 aliphatic carbocycles. The molecule has 5 heterocycles. The number of nitrogens with one attached hydrogen (secondary N) is 1. The SMILES string of the molecule is O=C1CCC(N2Cc3cc(SC4CN(C(c5cccs5)c5cccs5)C4)ccc3C2=O)C(=O)N1. The zero-order valence-electron chi connectivity index (χ0n) is 18.3. The van der Waals surface area contributed by atoms with Gasteiger partial charge in [0.05, 0.1) is 6.04 Å². The van der Waals surface area contributed by atoms with Gasteiger partial charge in [-0.15, -0.1) is 34.4 Å². The number of likely N-dealkylation sites (tertiary alicyclic amines) is 1. The van der Waals surface area contributed by atoms with Gasteiger partial charge < -0.3 is 4.90 Å². The molecule has 3 aliphatic rings. The number of amides is 3. The minimum Gasteiger partial charge on any atom is -0.322 e. The molecule has 2 fully saturated rings. The largest absolute Gasteiger partial charge is 0.322 e. The van der Waals surface area contributed by atoms with Gasteiger partial charge >= 0.3 is 0 Å². The van der Waals surface area contributed by atoms with Gasteiger partial charge in [0.15, 0.2) is 0 Å². The van der Waals surface area contributed by atoms with Crippen molar-refractivity contribution in [2.24, 2.45) is 0 Å². The lowest BCUT2D eigenvalue weighted by molar-refractivity contribution is -0.136. The molecule has 0 bridgehead atoms. The Morgan fingerprint density at radius 2 is 1.74 bits per heavy atom. The molecule has 2 aromatic heterocycles. The zero-order valence-corrected chi connectivity index (χ0v) is 20.8. The van der Waals surface area contributed by atoms with E-state index < -0.39 is 6.04 Å². The molecule has 9 heteroatoms. The number of imide groups is 1. The molecule has 34 heavy (non-hydrogen) atoms. The van der Waals surface area contributed by atoms with Gasteiger partial charge in [0.25, 0.3) is 5.91 Å². The van der Waals surface area contributed by atoms with E-state index >= 15 is 0 Å². The van der Waals surface area contributed by atoms with Crippen molar-refractivity contribution in [3.63, 3.8) is 0 Å². The highest BCUT2D eigenvalue weighted by Gasteiger charge is 2.40. The van der Waals surface area contributed by atoms with Crippen molar-refractivity contribution < 1.29 is 14.4 Å². The van der Waals surface area contributed by atoms with Crippen molar-refractivity contribution >= 4 is 52.2 Å². The number of benzene rings is 1. The number of piperidine rings is 1. The van der Waals surface area contributed by atoms with E-state index in [0.29, 0.717) is 29.8 Å². The second-order valence-electron chi connectivity index (χ2n) is 8.85. The van der Waals surface area contributed by atoms with E-state index in [2.05, 4.69) is 51.3 Å². The molecule has 2 saturated heterocycles. The number of rotatable bonds is 6. The van der Waals surface area contributed by atoms with E-state index in [1.54, 1.807) is 4.90 Å². The lowest BCUT2D eigenvalue weighted by Crippen LogP contribution is -2.52. The second kappa shape index (κ2) is 8.96. The second-order valence-corrected chi connectivity index (χ2v) is 12.2. The van der Waals surface area contributed by atoms with Gasteiger partial charge in [-0.3, -0.25) is 24.6 Å². The summed E-state index contributed by atoms with van der Waals surface area (Å²) in [6, 6.07) is 14.5. The number of hydrogen-bond donors (Lipinski definition) is 1. The van der Waals surface area contributed by atoms with Crippen molar-refractivity contribution in [3.8, 4) is 0 Å². The Morgan fingerprint density at radius 3 is 2.38 bits per heavy atom. The number of carbonyl (C=O) groups is 3. The highest BCUT2D eigenvalue weighted by Crippen LogP contribution is 2.41. The summed E-state index contributed by atoms with van der Waals surface area (Å²) in [7, 11) is 0. The fraction of sp³-hybridized carbons (Fsp3) is 0.320. The third-order valence-corrected chi connectivity index (χ3v) is 9.67. The lowest BCUT2D eigenvalue weighted by atomic mass is 10.0. The Bertz CT molecular complexity index is 1200. The molecule has 1 aromatic carbocycles. The van der Waals surface area contributed by atoms with Crippen molar-refractivity contribution in [1.82, 2.24) is 15.1 Å². The summed E-state index contributed by atoms with van der Waals surface area (Å²) in [6.45, 7) is 2.46. The Kier molecular flexibility index (Phi) is 5.81. The van der Waals surface area contributed by atoms with Crippen LogP contribution in [0.3, 0.4) is 0 Å². The summed E-state index contributed by atoms with van der Waals surface area (Å²) in [4.78, 5) is 44.7. The van der Waals surface area contributed by atoms with Crippen molar-refractivity contribution in [2.45, 2.75) is 41.6 Å². The van der Waals surface area contributed by atoms with Crippen LogP contribution in [0.1, 0.15) is 44.6 Å². The molecule has 3 amide bonds. The zero-order chi connectivity index (χ0) is 23.2. The number of nitrogens with zero attached hydrogens (tertiary/aromatic N) is 2. The summed E-state index contributed by atoms with van der Waals surface area (Å²) in [5, 5.41) is 7.15. The molecule has 6 nitrogen and oxygen atoms in total. The molecule has 1 unspecified atom stereocenters. The van der Waals surface area contributed by atoms with E-state index in [1.165, 1.54) is 9.75 Å². The Labute approximate surface area is 210 Å². The smallest absolute Gasteiger partial charge is 0.255 e. The Hall–Kier alpha value is -2.46. The van der Waals surface area contributed by atoms with E-state index in [0.717, 1.165) is 23.5 Å². The van der Waals surface area contributed by atoms with Crippen molar-refractivity contribution in [3.05, 3.63) is 74.1 Å². The van der Waals surface area contributed by atoms with Gasteiger partial charge in [0, 0.05) is 51.5 Å². The van der Waals surface area contributed by atoms with E-state index in [1.807, 2.05) is 46.6 Å². The van der Waals surface area contributed by atoms with Crippen LogP contribution < -0.4 is 5.32 Å². The molecule has 0 saturated carbocycles. The van der Waals surface area contributed by atoms with Crippen LogP contribution in [0.5, 0.6) is 0 Å². The quantitative estimate of drug-likeness (QED) is 0.506. The fourth-order valence-corrected chi connectivity index (χ4v) is 8.07. The number of thiophene rings is 2. The first kappa shape index (κ1) is 22.0. The van der Waals surface area contributed by atoms with Crippen LogP contribution in [0.4, 0.5) is 0 Å². The highest BCUT2D eigenvalue weighted by atomic mass is 32.2. The van der Waals surface area contributed by atoms with Crippen LogP contribution in [0, 0.1) is 0 Å². The monoisotopic (exact) mass is 509 g/mol. The first-order chi connectivity index (χ1) is 16.6. The molecule has 0 spiro atoms. The minimum atomic E-state index is -0.569. The van der Waals surface area contributed by atoms with Gasteiger partial charge in [-0.25, -0.2) is 0 Å². The van der Waals surface area contributed by atoms with Crippen LogP contribution in [0.25, 0.3) is 0 Å². The maximum absolute atomic E-state index is 12.9. The predicted octanol–water partition coefficient (Wildman–Crippen LogP) is 4.14. The van der Waals surface area contributed by atoms with Gasteiger partial charge in [-0.2, -0.15) is 0 Å². The van der Waals surface area contributed by atoms with Gasteiger partial charge in [-0.1, -0.05) is 12.1 Å². The summed E-state index contributed by atoms with van der Waals surface area (Å²) >= 11 is 5.49. The number of hydrogen-bond acceptors (Lipinski definition) is 7. The van der Waals surface area contributed by atoms with Crippen LogP contribution in [-0.4, -0.2) is 51.9 Å². The normalized spacial score (nSPS) is 21.1. The van der Waals surface area contributed by atoms with Crippen LogP contribution in [-0.2, 0) is 16.1 Å². The highest BCUT2D eigenvalue weighted by molar-refractivity contribution is 8.00. The van der Waals surface area contributed by atoms with E-state index in [9.17, 15) is 14.4 Å². The fourth-order valence-electron chi connectivity index (χ4n) is 4.97.